The number of aromatic nitrogens is 2. The van der Waals surface area contributed by atoms with Crippen LogP contribution in [0.2, 0.25) is 0 Å². The molecule has 0 aliphatic carbocycles. The number of benzene rings is 2. The largest absolute Gasteiger partial charge is 0.379 e. The van der Waals surface area contributed by atoms with Gasteiger partial charge in [0.05, 0.1) is 17.8 Å². The molecule has 1 N–H and O–H groups in total. The van der Waals surface area contributed by atoms with E-state index in [4.69, 9.17) is 0 Å². The summed E-state index contributed by atoms with van der Waals surface area (Å²) < 4.78 is 0. The highest BCUT2D eigenvalue weighted by molar-refractivity contribution is 5.95. The molecule has 1 atom stereocenters. The molecular weight excluding hydrogens is 420 g/mol. The molecule has 5 nitrogen and oxygen atoms in total. The minimum absolute atomic E-state index is 0.113. The van der Waals surface area contributed by atoms with E-state index in [2.05, 4.69) is 46.5 Å². The number of hydrogen-bond donors (Lipinski definition) is 1. The van der Waals surface area contributed by atoms with Gasteiger partial charge in [-0.05, 0) is 73.6 Å². The fourth-order valence-electron chi connectivity index (χ4n) is 4.88. The average molecular weight is 451 g/mol. The number of hydrogen-bond acceptors (Lipinski definition) is 4. The summed E-state index contributed by atoms with van der Waals surface area (Å²) in [5.74, 6) is 0.555. The lowest BCUT2D eigenvalue weighted by molar-refractivity contribution is 0.0673. The van der Waals surface area contributed by atoms with Crippen molar-refractivity contribution >= 4 is 22.5 Å². The normalized spacial score (nSPS) is 15.9. The average Bonchev–Trinajstić information content (AvgIpc) is 2.89. The van der Waals surface area contributed by atoms with Crippen LogP contribution in [0, 0.1) is 12.8 Å². The van der Waals surface area contributed by atoms with Gasteiger partial charge in [0.1, 0.15) is 0 Å². The van der Waals surface area contributed by atoms with Crippen LogP contribution in [0.5, 0.6) is 0 Å². The maximum Gasteiger partial charge on any atom is 0.253 e. The Hall–Kier alpha value is -3.73. The monoisotopic (exact) mass is 450 g/mol. The van der Waals surface area contributed by atoms with Crippen LogP contribution < -0.4 is 5.32 Å². The molecule has 3 heterocycles. The number of piperidine rings is 1. The zero-order chi connectivity index (χ0) is 23.3. The van der Waals surface area contributed by atoms with Gasteiger partial charge in [-0.3, -0.25) is 14.8 Å². The Kier molecular flexibility index (Phi) is 6.52. The number of pyridine rings is 2. The third-order valence-corrected chi connectivity index (χ3v) is 6.70. The van der Waals surface area contributed by atoms with E-state index < -0.39 is 0 Å². The fraction of sp³-hybridized carbons (Fsp3) is 0.276. The Balaban J connectivity index is 1.28. The maximum atomic E-state index is 13.4. The van der Waals surface area contributed by atoms with Crippen LogP contribution in [0.4, 0.5) is 5.69 Å². The minimum atomic E-state index is 0.113. The molecular formula is C29H30N4O. The number of rotatable bonds is 6. The molecule has 172 valence electrons. The fourth-order valence-corrected chi connectivity index (χ4v) is 4.88. The smallest absolute Gasteiger partial charge is 0.253 e. The highest BCUT2D eigenvalue weighted by Crippen LogP contribution is 2.26. The first-order chi connectivity index (χ1) is 16.7. The molecule has 1 amide bonds. The highest BCUT2D eigenvalue weighted by Gasteiger charge is 2.25. The summed E-state index contributed by atoms with van der Waals surface area (Å²) in [5.41, 5.74) is 6.16. The van der Waals surface area contributed by atoms with Gasteiger partial charge in [-0.25, -0.2) is 0 Å². The van der Waals surface area contributed by atoms with Crippen LogP contribution in [0.25, 0.3) is 10.9 Å². The summed E-state index contributed by atoms with van der Waals surface area (Å²) in [4.78, 5) is 24.4. The van der Waals surface area contributed by atoms with Gasteiger partial charge in [-0.2, -0.15) is 0 Å². The van der Waals surface area contributed by atoms with Crippen molar-refractivity contribution in [2.45, 2.75) is 32.7 Å². The van der Waals surface area contributed by atoms with Crippen LogP contribution in [0.1, 0.15) is 40.0 Å². The van der Waals surface area contributed by atoms with Gasteiger partial charge in [0.15, 0.2) is 0 Å². The Labute approximate surface area is 200 Å². The number of para-hydroxylation sites is 1. The molecule has 1 unspecified atom stereocenters. The summed E-state index contributed by atoms with van der Waals surface area (Å²) in [6.45, 7) is 4.29. The number of nitrogens with zero attached hydrogens (tertiary/aromatic N) is 3. The number of carbonyl (C=O) groups excluding carboxylic acids is 1. The first kappa shape index (κ1) is 22.1. The van der Waals surface area contributed by atoms with Gasteiger partial charge in [-0.1, -0.05) is 36.4 Å². The summed E-state index contributed by atoms with van der Waals surface area (Å²) >= 11 is 0. The van der Waals surface area contributed by atoms with Gasteiger partial charge < -0.3 is 10.2 Å². The molecule has 5 heteroatoms. The molecule has 0 spiro atoms. The van der Waals surface area contributed by atoms with E-state index in [1.54, 1.807) is 6.20 Å². The standard InChI is InChI=1S/C29H30N4O/c1-21-12-13-25(18-27(21)32-19-26-11-2-3-14-30-26)29(34)33-16-6-7-22(20-33)17-24-9-4-8-23-10-5-15-31-28(23)24/h2-5,8-15,18,22,32H,6-7,16-17,19-20H2,1H3. The molecule has 0 radical (unpaired) electrons. The van der Waals surface area contributed by atoms with Gasteiger partial charge >= 0.3 is 0 Å². The predicted octanol–water partition coefficient (Wildman–Crippen LogP) is 5.65. The summed E-state index contributed by atoms with van der Waals surface area (Å²) in [6, 6.07) is 22.3. The highest BCUT2D eigenvalue weighted by atomic mass is 16.2. The van der Waals surface area contributed by atoms with Crippen LogP contribution in [-0.2, 0) is 13.0 Å². The van der Waals surface area contributed by atoms with Crippen molar-refractivity contribution in [1.29, 1.82) is 0 Å². The number of likely N-dealkylation sites (tertiary alicyclic amines) is 1. The van der Waals surface area contributed by atoms with Crippen LogP contribution in [-0.4, -0.2) is 33.9 Å². The summed E-state index contributed by atoms with van der Waals surface area (Å²) in [5, 5.41) is 4.62. The van der Waals surface area contributed by atoms with E-state index in [9.17, 15) is 4.79 Å². The number of nitrogens with one attached hydrogen (secondary N) is 1. The molecule has 2 aromatic carbocycles. The lowest BCUT2D eigenvalue weighted by Gasteiger charge is -2.33. The van der Waals surface area contributed by atoms with Crippen LogP contribution in [0.3, 0.4) is 0 Å². The van der Waals surface area contributed by atoms with Crippen molar-refractivity contribution in [3.63, 3.8) is 0 Å². The Morgan fingerprint density at radius 3 is 2.79 bits per heavy atom. The zero-order valence-electron chi connectivity index (χ0n) is 19.6. The van der Waals surface area contributed by atoms with Crippen LogP contribution in [0.15, 0.2) is 79.1 Å². The van der Waals surface area contributed by atoms with Crippen molar-refractivity contribution in [2.24, 2.45) is 5.92 Å². The summed E-state index contributed by atoms with van der Waals surface area (Å²) in [7, 11) is 0. The quantitative estimate of drug-likeness (QED) is 0.413. The van der Waals surface area contributed by atoms with E-state index in [-0.39, 0.29) is 5.91 Å². The second-order valence-electron chi connectivity index (χ2n) is 9.16. The Morgan fingerprint density at radius 1 is 1.03 bits per heavy atom. The first-order valence-corrected chi connectivity index (χ1v) is 12.0. The summed E-state index contributed by atoms with van der Waals surface area (Å²) in [6.07, 6.45) is 6.77. The maximum absolute atomic E-state index is 13.4. The molecule has 1 aliphatic heterocycles. The molecule has 1 aliphatic rings. The lowest BCUT2D eigenvalue weighted by atomic mass is 9.90. The van der Waals surface area contributed by atoms with Crippen molar-refractivity contribution in [3.05, 3.63) is 102 Å². The van der Waals surface area contributed by atoms with E-state index in [0.717, 1.165) is 60.4 Å². The Morgan fingerprint density at radius 2 is 1.91 bits per heavy atom. The Bertz CT molecular complexity index is 1280. The molecule has 2 aromatic heterocycles. The van der Waals surface area contributed by atoms with Crippen molar-refractivity contribution < 1.29 is 4.79 Å². The van der Waals surface area contributed by atoms with E-state index in [1.165, 1.54) is 10.9 Å². The number of aryl methyl sites for hydroxylation is 1. The topological polar surface area (TPSA) is 58.1 Å². The second kappa shape index (κ2) is 10.0. The SMILES string of the molecule is Cc1ccc(C(=O)N2CCCC(Cc3cccc4cccnc34)C2)cc1NCc1ccccn1. The van der Waals surface area contributed by atoms with Gasteiger partial charge in [-0.15, -0.1) is 0 Å². The minimum Gasteiger partial charge on any atom is -0.379 e. The number of amides is 1. The van der Waals surface area contributed by atoms with Crippen molar-refractivity contribution in [3.8, 4) is 0 Å². The molecule has 34 heavy (non-hydrogen) atoms. The lowest BCUT2D eigenvalue weighted by Crippen LogP contribution is -2.40. The predicted molar refractivity (Wildman–Crippen MR) is 137 cm³/mol. The van der Waals surface area contributed by atoms with Crippen molar-refractivity contribution in [1.82, 2.24) is 14.9 Å². The number of fused-ring (bicyclic) bond motifs is 1. The second-order valence-corrected chi connectivity index (χ2v) is 9.16. The molecule has 4 aromatic rings. The molecule has 1 fully saturated rings. The molecule has 0 saturated carbocycles. The molecule has 5 rings (SSSR count). The van der Waals surface area contributed by atoms with E-state index >= 15 is 0 Å². The van der Waals surface area contributed by atoms with Gasteiger partial charge in [0, 0.05) is 42.1 Å². The third-order valence-electron chi connectivity index (χ3n) is 6.70. The number of carbonyl (C=O) groups is 1. The molecule has 0 bridgehead atoms. The van der Waals surface area contributed by atoms with Gasteiger partial charge in [0.25, 0.3) is 5.91 Å². The van der Waals surface area contributed by atoms with Crippen LogP contribution >= 0.6 is 0 Å². The van der Waals surface area contributed by atoms with Crippen molar-refractivity contribution in [2.75, 3.05) is 18.4 Å². The first-order valence-electron chi connectivity index (χ1n) is 12.0. The van der Waals surface area contributed by atoms with E-state index in [1.807, 2.05) is 53.6 Å². The zero-order valence-corrected chi connectivity index (χ0v) is 19.6. The number of anilines is 1. The molecule has 1 saturated heterocycles. The van der Waals surface area contributed by atoms with Gasteiger partial charge in [0.2, 0.25) is 0 Å². The van der Waals surface area contributed by atoms with E-state index in [0.29, 0.717) is 12.5 Å². The third kappa shape index (κ3) is 4.93.